The van der Waals surface area contributed by atoms with E-state index in [1.54, 1.807) is 23.9 Å². The van der Waals surface area contributed by atoms with Crippen LogP contribution in [0.5, 0.6) is 5.75 Å². The molecule has 0 saturated heterocycles. The number of benzene rings is 2. The Labute approximate surface area is 179 Å². The lowest BCUT2D eigenvalue weighted by Gasteiger charge is -2.11. The second-order valence-corrected chi connectivity index (χ2v) is 8.72. The highest BCUT2D eigenvalue weighted by Crippen LogP contribution is 2.31. The molecule has 2 heterocycles. The Bertz CT molecular complexity index is 1110. The molecule has 0 radical (unpaired) electrons. The number of ether oxygens (including phenoxy) is 1. The zero-order valence-corrected chi connectivity index (χ0v) is 17.9. The van der Waals surface area contributed by atoms with Gasteiger partial charge in [0.15, 0.2) is 0 Å². The van der Waals surface area contributed by atoms with Crippen molar-refractivity contribution >= 4 is 32.7 Å². The van der Waals surface area contributed by atoms with Crippen molar-refractivity contribution in [2.45, 2.75) is 11.7 Å². The van der Waals surface area contributed by atoms with E-state index in [1.807, 2.05) is 24.3 Å². The van der Waals surface area contributed by atoms with Crippen LogP contribution in [0.25, 0.3) is 11.4 Å². The fourth-order valence-electron chi connectivity index (χ4n) is 3.08. The third kappa shape index (κ3) is 4.43. The number of methoxy groups -OCH3 is 1. The second-order valence-electron chi connectivity index (χ2n) is 6.52. The number of hydrogen-bond acceptors (Lipinski definition) is 5. The number of aromatic amines is 1. The molecule has 3 aromatic rings. The third-order valence-corrected chi connectivity index (χ3v) is 6.22. The fourth-order valence-corrected chi connectivity index (χ4v) is 4.48. The predicted octanol–water partition coefficient (Wildman–Crippen LogP) is 4.45. The van der Waals surface area contributed by atoms with Gasteiger partial charge in [-0.1, -0.05) is 52.0 Å². The van der Waals surface area contributed by atoms with Crippen molar-refractivity contribution < 1.29 is 9.13 Å². The van der Waals surface area contributed by atoms with Crippen LogP contribution in [-0.4, -0.2) is 33.9 Å². The standard InChI is InChI=1S/C21H17BrFN3O2S/c1-28-18-17(25-19(26-20(18)27)13-4-6-14(22)7-5-13)21-24-11-16(29-21)10-12-2-8-15(23)9-3-12/h2-9,16H,10-11H2,1H3,(H,25,26,27). The zero-order valence-electron chi connectivity index (χ0n) is 15.5. The van der Waals surface area contributed by atoms with Crippen molar-refractivity contribution in [3.8, 4) is 17.1 Å². The molecule has 0 spiro atoms. The minimum absolute atomic E-state index is 0.152. The van der Waals surface area contributed by atoms with Gasteiger partial charge in [0.2, 0.25) is 5.75 Å². The summed E-state index contributed by atoms with van der Waals surface area (Å²) in [5, 5.41) is 0.871. The van der Waals surface area contributed by atoms with E-state index in [2.05, 4.69) is 30.9 Å². The number of rotatable bonds is 5. The summed E-state index contributed by atoms with van der Waals surface area (Å²) in [6, 6.07) is 14.0. The van der Waals surface area contributed by atoms with Gasteiger partial charge in [0.05, 0.1) is 13.7 Å². The maximum Gasteiger partial charge on any atom is 0.294 e. The number of thioether (sulfide) groups is 1. The molecule has 4 rings (SSSR count). The Hall–Kier alpha value is -2.45. The summed E-state index contributed by atoms with van der Waals surface area (Å²) >= 11 is 4.97. The van der Waals surface area contributed by atoms with E-state index < -0.39 is 0 Å². The average Bonchev–Trinajstić information content (AvgIpc) is 3.18. The van der Waals surface area contributed by atoms with E-state index in [-0.39, 0.29) is 22.4 Å². The van der Waals surface area contributed by atoms with Gasteiger partial charge in [0.1, 0.15) is 22.4 Å². The lowest BCUT2D eigenvalue weighted by Crippen LogP contribution is -2.17. The first-order valence-corrected chi connectivity index (χ1v) is 10.6. The van der Waals surface area contributed by atoms with Gasteiger partial charge in [0, 0.05) is 15.3 Å². The summed E-state index contributed by atoms with van der Waals surface area (Å²) in [7, 11) is 1.45. The Kier molecular flexibility index (Phi) is 5.82. The van der Waals surface area contributed by atoms with E-state index >= 15 is 0 Å². The fraction of sp³-hybridized carbons (Fsp3) is 0.190. The Morgan fingerprint density at radius 2 is 1.93 bits per heavy atom. The van der Waals surface area contributed by atoms with E-state index in [0.717, 1.165) is 22.0 Å². The summed E-state index contributed by atoms with van der Waals surface area (Å²) in [6.45, 7) is 0.600. The van der Waals surface area contributed by atoms with Crippen LogP contribution < -0.4 is 10.3 Å². The van der Waals surface area contributed by atoms with Crippen molar-refractivity contribution in [2.24, 2.45) is 4.99 Å². The maximum absolute atomic E-state index is 13.1. The first kappa shape index (κ1) is 19.8. The Morgan fingerprint density at radius 3 is 2.62 bits per heavy atom. The molecule has 0 saturated carbocycles. The van der Waals surface area contributed by atoms with Gasteiger partial charge in [-0.25, -0.2) is 9.37 Å². The molecule has 8 heteroatoms. The molecule has 148 valence electrons. The van der Waals surface area contributed by atoms with Crippen LogP contribution in [-0.2, 0) is 6.42 Å². The van der Waals surface area contributed by atoms with Crippen molar-refractivity contribution in [3.05, 3.63) is 80.4 Å². The summed E-state index contributed by atoms with van der Waals surface area (Å²) in [4.78, 5) is 24.6. The van der Waals surface area contributed by atoms with Crippen molar-refractivity contribution in [2.75, 3.05) is 13.7 Å². The van der Waals surface area contributed by atoms with Crippen LogP contribution in [0.1, 0.15) is 11.3 Å². The first-order chi connectivity index (χ1) is 14.0. The van der Waals surface area contributed by atoms with Gasteiger partial charge in [-0.2, -0.15) is 0 Å². The van der Waals surface area contributed by atoms with E-state index in [0.29, 0.717) is 23.1 Å². The Balaban J connectivity index is 1.61. The lowest BCUT2D eigenvalue weighted by atomic mass is 10.1. The largest absolute Gasteiger partial charge is 0.489 e. The quantitative estimate of drug-likeness (QED) is 0.594. The molecule has 2 aromatic carbocycles. The molecule has 1 atom stereocenters. The van der Waals surface area contributed by atoms with Gasteiger partial charge in [-0.15, -0.1) is 0 Å². The number of H-pyrrole nitrogens is 1. The Morgan fingerprint density at radius 1 is 1.21 bits per heavy atom. The van der Waals surface area contributed by atoms with Gasteiger partial charge >= 0.3 is 0 Å². The number of nitrogens with one attached hydrogen (secondary N) is 1. The van der Waals surface area contributed by atoms with Crippen LogP contribution in [0, 0.1) is 5.82 Å². The molecule has 1 aliphatic heterocycles. The molecule has 5 nitrogen and oxygen atoms in total. The third-order valence-electron chi connectivity index (χ3n) is 4.49. The monoisotopic (exact) mass is 473 g/mol. The van der Waals surface area contributed by atoms with Crippen molar-refractivity contribution in [1.82, 2.24) is 9.97 Å². The average molecular weight is 474 g/mol. The number of aliphatic imine (C=N–C) groups is 1. The maximum atomic E-state index is 13.1. The second kappa shape index (κ2) is 8.51. The molecule has 0 fully saturated rings. The van der Waals surface area contributed by atoms with Crippen LogP contribution in [0.4, 0.5) is 4.39 Å². The molecule has 0 amide bonds. The van der Waals surface area contributed by atoms with Crippen LogP contribution in [0.15, 0.2) is 62.8 Å². The molecular weight excluding hydrogens is 457 g/mol. The van der Waals surface area contributed by atoms with E-state index in [9.17, 15) is 9.18 Å². The molecule has 0 aliphatic carbocycles. The SMILES string of the molecule is COc1c(C2=NCC(Cc3ccc(F)cc3)S2)nc(-c2ccc(Br)cc2)[nH]c1=O. The van der Waals surface area contributed by atoms with Crippen molar-refractivity contribution in [1.29, 1.82) is 0 Å². The summed E-state index contributed by atoms with van der Waals surface area (Å²) in [5.74, 6) is 0.366. The van der Waals surface area contributed by atoms with Gasteiger partial charge in [-0.05, 0) is 36.2 Å². The highest BCUT2D eigenvalue weighted by molar-refractivity contribution is 9.10. The highest BCUT2D eigenvalue weighted by atomic mass is 79.9. The minimum atomic E-state index is -0.347. The highest BCUT2D eigenvalue weighted by Gasteiger charge is 2.26. The molecular formula is C21H17BrFN3O2S. The summed E-state index contributed by atoms with van der Waals surface area (Å²) in [5.41, 5.74) is 1.93. The summed E-state index contributed by atoms with van der Waals surface area (Å²) in [6.07, 6.45) is 0.753. The van der Waals surface area contributed by atoms with Crippen LogP contribution in [0.3, 0.4) is 0 Å². The van der Waals surface area contributed by atoms with Gasteiger partial charge in [-0.3, -0.25) is 9.79 Å². The number of halogens is 2. The minimum Gasteiger partial charge on any atom is -0.489 e. The van der Waals surface area contributed by atoms with E-state index in [1.165, 1.54) is 19.2 Å². The van der Waals surface area contributed by atoms with Crippen molar-refractivity contribution in [3.63, 3.8) is 0 Å². The normalized spacial score (nSPS) is 16.0. The zero-order chi connectivity index (χ0) is 20.4. The lowest BCUT2D eigenvalue weighted by molar-refractivity contribution is 0.405. The molecule has 1 N–H and O–H groups in total. The van der Waals surface area contributed by atoms with Crippen LogP contribution in [0.2, 0.25) is 0 Å². The molecule has 1 aromatic heterocycles. The topological polar surface area (TPSA) is 67.3 Å². The molecule has 1 unspecified atom stereocenters. The number of hydrogen-bond donors (Lipinski definition) is 1. The van der Waals surface area contributed by atoms with Crippen LogP contribution >= 0.6 is 27.7 Å². The molecule has 1 aliphatic rings. The first-order valence-electron chi connectivity index (χ1n) is 8.93. The van der Waals surface area contributed by atoms with Gasteiger partial charge < -0.3 is 9.72 Å². The summed E-state index contributed by atoms with van der Waals surface area (Å²) < 4.78 is 19.4. The smallest absolute Gasteiger partial charge is 0.294 e. The number of nitrogens with zero attached hydrogens (tertiary/aromatic N) is 2. The predicted molar refractivity (Wildman–Crippen MR) is 117 cm³/mol. The van der Waals surface area contributed by atoms with E-state index in [4.69, 9.17) is 4.74 Å². The number of aromatic nitrogens is 2. The molecule has 29 heavy (non-hydrogen) atoms. The molecule has 0 bridgehead atoms. The van der Waals surface area contributed by atoms with Gasteiger partial charge in [0.25, 0.3) is 5.56 Å².